The zero-order valence-electron chi connectivity index (χ0n) is 8.72. The quantitative estimate of drug-likeness (QED) is 0.796. The summed E-state index contributed by atoms with van der Waals surface area (Å²) in [7, 11) is -2.22. The maximum absolute atomic E-state index is 10.8. The fourth-order valence-electron chi connectivity index (χ4n) is 2.29. The maximum atomic E-state index is 10.8. The van der Waals surface area contributed by atoms with Gasteiger partial charge in [0.05, 0.1) is 5.25 Å². The van der Waals surface area contributed by atoms with Crippen LogP contribution in [-0.4, -0.2) is 18.7 Å². The Morgan fingerprint density at radius 3 is 2.88 bits per heavy atom. The third-order valence-electron chi connectivity index (χ3n) is 3.31. The molecule has 16 heavy (non-hydrogen) atoms. The first-order valence-electron chi connectivity index (χ1n) is 5.44. The molecule has 2 atom stereocenters. The summed E-state index contributed by atoms with van der Waals surface area (Å²) >= 11 is 0. The van der Waals surface area contributed by atoms with Crippen LogP contribution in [0.4, 0.5) is 0 Å². The van der Waals surface area contributed by atoms with Crippen LogP contribution in [-0.2, 0) is 17.1 Å². The molecule has 0 radical (unpaired) electrons. The van der Waals surface area contributed by atoms with Gasteiger partial charge in [-0.05, 0) is 30.4 Å². The minimum absolute atomic E-state index is 0.0799. The van der Waals surface area contributed by atoms with Crippen LogP contribution in [0.5, 0.6) is 0 Å². The number of benzene rings is 1. The number of fused-ring (bicyclic) bond motifs is 1. The molecule has 1 fully saturated rings. The van der Waals surface area contributed by atoms with Crippen molar-refractivity contribution in [2.45, 2.75) is 18.1 Å². The normalized spacial score (nSPS) is 24.1. The first-order valence-corrected chi connectivity index (χ1v) is 6.69. The predicted octanol–water partition coefficient (Wildman–Crippen LogP) is 1.71. The molecule has 0 amide bonds. The smallest absolute Gasteiger partial charge is 0.143 e. The second-order valence-corrected chi connectivity index (χ2v) is 5.65. The molecule has 2 aromatic rings. The average Bonchev–Trinajstić information content (AvgIpc) is 2.93. The number of nitrogens with one attached hydrogen (secondary N) is 1. The SMILES string of the molecule is O=[SH](=O)C1CC1Cc1c[nH]c2ccccc12. The molecule has 0 aliphatic heterocycles. The van der Waals surface area contributed by atoms with Gasteiger partial charge in [-0.1, -0.05) is 18.2 Å². The number of hydrogen-bond acceptors (Lipinski definition) is 2. The van der Waals surface area contributed by atoms with Crippen molar-refractivity contribution in [3.05, 3.63) is 36.0 Å². The van der Waals surface area contributed by atoms with E-state index in [9.17, 15) is 8.42 Å². The van der Waals surface area contributed by atoms with Gasteiger partial charge in [-0.2, -0.15) is 0 Å². The molecule has 1 aliphatic carbocycles. The molecule has 0 spiro atoms. The second-order valence-electron chi connectivity index (χ2n) is 4.41. The number of hydrogen-bond donors (Lipinski definition) is 2. The van der Waals surface area contributed by atoms with Crippen molar-refractivity contribution in [3.8, 4) is 0 Å². The Morgan fingerprint density at radius 2 is 2.12 bits per heavy atom. The van der Waals surface area contributed by atoms with E-state index in [1.54, 1.807) is 0 Å². The van der Waals surface area contributed by atoms with Gasteiger partial charge in [0.2, 0.25) is 0 Å². The highest BCUT2D eigenvalue weighted by molar-refractivity contribution is 7.73. The van der Waals surface area contributed by atoms with Crippen molar-refractivity contribution >= 4 is 21.6 Å². The van der Waals surface area contributed by atoms with Gasteiger partial charge in [-0.15, -0.1) is 0 Å². The zero-order chi connectivity index (χ0) is 11.1. The minimum Gasteiger partial charge on any atom is -0.361 e. The molecule has 1 aromatic carbocycles. The van der Waals surface area contributed by atoms with Crippen LogP contribution in [0.3, 0.4) is 0 Å². The minimum atomic E-state index is -2.22. The fourth-order valence-corrected chi connectivity index (χ4v) is 3.18. The molecule has 0 saturated heterocycles. The first-order chi connectivity index (χ1) is 7.75. The van der Waals surface area contributed by atoms with Crippen LogP contribution in [0.15, 0.2) is 30.5 Å². The standard InChI is InChI=1S/C12H13NO2S/c14-16(15)12-6-8(12)5-9-7-13-11-4-2-1-3-10(9)11/h1-4,7-8,12-13,16H,5-6H2. The highest BCUT2D eigenvalue weighted by Gasteiger charge is 2.40. The Morgan fingerprint density at radius 1 is 1.31 bits per heavy atom. The first kappa shape index (κ1) is 9.90. The van der Waals surface area contributed by atoms with E-state index < -0.39 is 10.7 Å². The van der Waals surface area contributed by atoms with Gasteiger partial charge < -0.3 is 4.98 Å². The van der Waals surface area contributed by atoms with E-state index in [1.165, 1.54) is 10.9 Å². The van der Waals surface area contributed by atoms with Gasteiger partial charge in [0, 0.05) is 17.1 Å². The largest absolute Gasteiger partial charge is 0.361 e. The van der Waals surface area contributed by atoms with Crippen LogP contribution in [0, 0.1) is 5.92 Å². The summed E-state index contributed by atoms with van der Waals surface area (Å²) in [6.07, 6.45) is 3.70. The molecule has 2 unspecified atom stereocenters. The predicted molar refractivity (Wildman–Crippen MR) is 64.2 cm³/mol. The zero-order valence-corrected chi connectivity index (χ0v) is 9.61. The van der Waals surface area contributed by atoms with E-state index in [2.05, 4.69) is 11.1 Å². The molecule has 4 heteroatoms. The summed E-state index contributed by atoms with van der Waals surface area (Å²) in [5, 5.41) is 1.14. The summed E-state index contributed by atoms with van der Waals surface area (Å²) in [5.41, 5.74) is 2.36. The number of aromatic nitrogens is 1. The lowest BCUT2D eigenvalue weighted by atomic mass is 10.1. The van der Waals surface area contributed by atoms with E-state index in [1.807, 2.05) is 24.4 Å². The third-order valence-corrected chi connectivity index (χ3v) is 4.49. The van der Waals surface area contributed by atoms with E-state index in [0.29, 0.717) is 5.92 Å². The summed E-state index contributed by atoms with van der Waals surface area (Å²) in [4.78, 5) is 3.21. The summed E-state index contributed by atoms with van der Waals surface area (Å²) in [6, 6.07) is 8.13. The molecular weight excluding hydrogens is 222 g/mol. The third kappa shape index (κ3) is 1.63. The van der Waals surface area contributed by atoms with Gasteiger partial charge in [-0.3, -0.25) is 0 Å². The van der Waals surface area contributed by atoms with E-state index >= 15 is 0 Å². The lowest BCUT2D eigenvalue weighted by Gasteiger charge is -1.96. The fraction of sp³-hybridized carbons (Fsp3) is 0.333. The van der Waals surface area contributed by atoms with Crippen molar-refractivity contribution in [1.82, 2.24) is 4.98 Å². The molecule has 0 bridgehead atoms. The second kappa shape index (κ2) is 3.63. The molecule has 3 rings (SSSR count). The number of thiol groups is 1. The Labute approximate surface area is 95.4 Å². The van der Waals surface area contributed by atoms with Crippen LogP contribution in [0.2, 0.25) is 0 Å². The molecule has 1 heterocycles. The Balaban J connectivity index is 1.86. The average molecular weight is 235 g/mol. The van der Waals surface area contributed by atoms with E-state index in [-0.39, 0.29) is 5.25 Å². The maximum Gasteiger partial charge on any atom is 0.143 e. The number of rotatable bonds is 3. The van der Waals surface area contributed by atoms with Gasteiger partial charge in [0.25, 0.3) is 0 Å². The highest BCUT2D eigenvalue weighted by atomic mass is 32.2. The van der Waals surface area contributed by atoms with Crippen molar-refractivity contribution < 1.29 is 8.42 Å². The van der Waals surface area contributed by atoms with Gasteiger partial charge >= 0.3 is 0 Å². The van der Waals surface area contributed by atoms with Crippen LogP contribution in [0.1, 0.15) is 12.0 Å². The van der Waals surface area contributed by atoms with E-state index in [0.717, 1.165) is 18.4 Å². The molecule has 1 aliphatic rings. The molecule has 3 nitrogen and oxygen atoms in total. The topological polar surface area (TPSA) is 49.9 Å². The lowest BCUT2D eigenvalue weighted by Crippen LogP contribution is -1.94. The van der Waals surface area contributed by atoms with Crippen molar-refractivity contribution in [2.75, 3.05) is 0 Å². The Hall–Kier alpha value is -1.29. The summed E-state index contributed by atoms with van der Waals surface area (Å²) < 4.78 is 21.6. The van der Waals surface area contributed by atoms with Crippen LogP contribution in [0.25, 0.3) is 10.9 Å². The van der Waals surface area contributed by atoms with Gasteiger partial charge in [-0.25, -0.2) is 8.42 Å². The Bertz CT molecular complexity index is 592. The lowest BCUT2D eigenvalue weighted by molar-refractivity contribution is 0.610. The molecule has 1 saturated carbocycles. The molecular formula is C12H13NO2S. The summed E-state index contributed by atoms with van der Waals surface area (Å²) in [5.74, 6) is 0.334. The Kier molecular flexibility index (Phi) is 2.24. The highest BCUT2D eigenvalue weighted by Crippen LogP contribution is 2.37. The van der Waals surface area contributed by atoms with Crippen LogP contribution >= 0.6 is 0 Å². The van der Waals surface area contributed by atoms with E-state index in [4.69, 9.17) is 0 Å². The van der Waals surface area contributed by atoms with Gasteiger partial charge in [0.1, 0.15) is 10.7 Å². The van der Waals surface area contributed by atoms with Crippen molar-refractivity contribution in [2.24, 2.45) is 5.92 Å². The van der Waals surface area contributed by atoms with Crippen molar-refractivity contribution in [3.63, 3.8) is 0 Å². The molecule has 1 N–H and O–H groups in total. The molecule has 84 valence electrons. The number of aromatic amines is 1. The van der Waals surface area contributed by atoms with Crippen LogP contribution < -0.4 is 0 Å². The monoisotopic (exact) mass is 235 g/mol. The van der Waals surface area contributed by atoms with Crippen molar-refractivity contribution in [1.29, 1.82) is 0 Å². The number of H-pyrrole nitrogens is 1. The van der Waals surface area contributed by atoms with Gasteiger partial charge in [0.15, 0.2) is 0 Å². The summed E-state index contributed by atoms with van der Waals surface area (Å²) in [6.45, 7) is 0. The molecule has 1 aromatic heterocycles. The number of para-hydroxylation sites is 1.